The Labute approximate surface area is 178 Å². The number of anilines is 1. The number of hydrogen-bond donors (Lipinski definition) is 1. The van der Waals surface area contributed by atoms with Gasteiger partial charge in [-0.1, -0.05) is 23.4 Å². The maximum Gasteiger partial charge on any atom is 0.280 e. The Kier molecular flexibility index (Phi) is 7.83. The maximum atomic E-state index is 13.3. The first-order chi connectivity index (χ1) is 12.6. The summed E-state index contributed by atoms with van der Waals surface area (Å²) in [7, 11) is 2.09. The number of carbonyl (C=O) groups is 1. The van der Waals surface area contributed by atoms with E-state index in [1.54, 1.807) is 0 Å². The van der Waals surface area contributed by atoms with Crippen LogP contribution in [0.4, 0.5) is 5.69 Å². The number of para-hydroxylation sites is 1. The molecule has 2 aliphatic heterocycles. The summed E-state index contributed by atoms with van der Waals surface area (Å²) in [4.78, 5) is 17.4. The first-order valence-electron chi connectivity index (χ1n) is 9.36. The van der Waals surface area contributed by atoms with E-state index >= 15 is 0 Å². The Morgan fingerprint density at radius 2 is 1.86 bits per heavy atom. The van der Waals surface area contributed by atoms with Crippen molar-refractivity contribution in [1.29, 1.82) is 0 Å². The predicted molar refractivity (Wildman–Crippen MR) is 115 cm³/mol. The zero-order chi connectivity index (χ0) is 18.1. The van der Waals surface area contributed by atoms with Gasteiger partial charge in [-0.25, -0.2) is 4.68 Å². The van der Waals surface area contributed by atoms with Crippen molar-refractivity contribution >= 4 is 36.4 Å². The molecule has 1 aromatic heterocycles. The highest BCUT2D eigenvalue weighted by atomic mass is 35.5. The number of aromatic nitrogens is 3. The molecule has 7 nitrogen and oxygen atoms in total. The van der Waals surface area contributed by atoms with Crippen molar-refractivity contribution in [1.82, 2.24) is 25.2 Å². The molecular formula is C19H28Cl2N6O. The predicted octanol–water partition coefficient (Wildman–Crippen LogP) is 2.45. The Bertz CT molecular complexity index is 805. The van der Waals surface area contributed by atoms with Crippen LogP contribution in [0.15, 0.2) is 24.3 Å². The van der Waals surface area contributed by atoms with Crippen LogP contribution in [0.25, 0.3) is 0 Å². The van der Waals surface area contributed by atoms with Gasteiger partial charge in [0.15, 0.2) is 5.69 Å². The Morgan fingerprint density at radius 3 is 2.61 bits per heavy atom. The summed E-state index contributed by atoms with van der Waals surface area (Å²) >= 11 is 0. The third-order valence-electron chi connectivity index (χ3n) is 5.46. The van der Waals surface area contributed by atoms with Crippen LogP contribution in [0.1, 0.15) is 40.6 Å². The van der Waals surface area contributed by atoms with Gasteiger partial charge in [0, 0.05) is 25.3 Å². The van der Waals surface area contributed by atoms with Crippen molar-refractivity contribution in [3.63, 3.8) is 0 Å². The minimum absolute atomic E-state index is 0. The molecular weight excluding hydrogens is 399 g/mol. The summed E-state index contributed by atoms with van der Waals surface area (Å²) in [6.45, 7) is 6.28. The fraction of sp³-hybridized carbons (Fsp3) is 0.526. The van der Waals surface area contributed by atoms with Gasteiger partial charge in [0.25, 0.3) is 5.91 Å². The van der Waals surface area contributed by atoms with E-state index in [1.165, 1.54) is 5.56 Å². The number of benzene rings is 1. The van der Waals surface area contributed by atoms with Gasteiger partial charge in [0.1, 0.15) is 0 Å². The lowest BCUT2D eigenvalue weighted by Crippen LogP contribution is -2.36. The van der Waals surface area contributed by atoms with Crippen molar-refractivity contribution in [2.75, 3.05) is 38.1 Å². The molecule has 1 amide bonds. The maximum absolute atomic E-state index is 13.3. The fourth-order valence-electron chi connectivity index (χ4n) is 3.94. The third kappa shape index (κ3) is 4.33. The smallest absolute Gasteiger partial charge is 0.280 e. The second-order valence-corrected chi connectivity index (χ2v) is 7.27. The van der Waals surface area contributed by atoms with Crippen LogP contribution >= 0.6 is 24.8 Å². The van der Waals surface area contributed by atoms with E-state index in [2.05, 4.69) is 33.6 Å². The number of piperidine rings is 1. The van der Waals surface area contributed by atoms with E-state index in [0.717, 1.165) is 50.4 Å². The zero-order valence-electron chi connectivity index (χ0n) is 16.3. The number of hydrogen-bond acceptors (Lipinski definition) is 5. The molecule has 0 saturated carbocycles. The lowest BCUT2D eigenvalue weighted by atomic mass is 10.1. The molecule has 0 bridgehead atoms. The lowest BCUT2D eigenvalue weighted by Gasteiger charge is -2.24. The summed E-state index contributed by atoms with van der Waals surface area (Å²) in [6, 6.07) is 8.46. The van der Waals surface area contributed by atoms with Gasteiger partial charge < -0.3 is 15.1 Å². The molecule has 154 valence electrons. The van der Waals surface area contributed by atoms with Crippen molar-refractivity contribution in [2.24, 2.45) is 0 Å². The van der Waals surface area contributed by atoms with E-state index in [0.29, 0.717) is 18.3 Å². The molecule has 0 unspecified atom stereocenters. The number of nitrogens with one attached hydrogen (secondary N) is 1. The van der Waals surface area contributed by atoms with E-state index < -0.39 is 0 Å². The number of fused-ring (bicyclic) bond motifs is 1. The van der Waals surface area contributed by atoms with Gasteiger partial charge in [0.2, 0.25) is 0 Å². The molecule has 4 rings (SSSR count). The van der Waals surface area contributed by atoms with Crippen molar-refractivity contribution in [3.8, 4) is 0 Å². The standard InChI is InChI=1S/C19H26N6O.2ClH/c1-14-18(21-22-25(14)16-7-9-20-10-8-16)19(26)24-12-11-23(2)13-15-5-3-4-6-17(15)24;;/h3-6,16,20H,7-13H2,1-2H3;2*1H. The van der Waals surface area contributed by atoms with Crippen LogP contribution in [0.5, 0.6) is 0 Å². The molecule has 3 heterocycles. The minimum atomic E-state index is -0.0505. The molecule has 28 heavy (non-hydrogen) atoms. The molecule has 1 saturated heterocycles. The quantitative estimate of drug-likeness (QED) is 0.798. The minimum Gasteiger partial charge on any atom is -0.317 e. The summed E-state index contributed by atoms with van der Waals surface area (Å²) in [5.74, 6) is -0.0505. The molecule has 0 radical (unpaired) electrons. The summed E-state index contributed by atoms with van der Waals surface area (Å²) in [5, 5.41) is 12.0. The van der Waals surface area contributed by atoms with E-state index in [1.807, 2.05) is 34.7 Å². The van der Waals surface area contributed by atoms with Gasteiger partial charge in [-0.05, 0) is 51.5 Å². The molecule has 2 aliphatic rings. The SMILES string of the molecule is Cc1c(C(=O)N2CCN(C)Cc3ccccc32)nnn1C1CCNCC1.Cl.Cl. The van der Waals surface area contributed by atoms with Crippen molar-refractivity contribution in [2.45, 2.75) is 32.4 Å². The van der Waals surface area contributed by atoms with Crippen LogP contribution in [-0.4, -0.2) is 59.0 Å². The number of carbonyl (C=O) groups excluding carboxylic acids is 1. The van der Waals surface area contributed by atoms with Gasteiger partial charge in [-0.15, -0.1) is 29.9 Å². The second-order valence-electron chi connectivity index (χ2n) is 7.27. The van der Waals surface area contributed by atoms with Gasteiger partial charge in [-0.2, -0.15) is 0 Å². The number of likely N-dealkylation sites (N-methyl/N-ethyl adjacent to an activating group) is 1. The topological polar surface area (TPSA) is 66.3 Å². The van der Waals surface area contributed by atoms with Crippen LogP contribution < -0.4 is 10.2 Å². The normalized spacial score (nSPS) is 17.9. The van der Waals surface area contributed by atoms with Gasteiger partial charge in [-0.3, -0.25) is 4.79 Å². The summed E-state index contributed by atoms with van der Waals surface area (Å²) in [5.41, 5.74) is 3.50. The first kappa shape index (κ1) is 22.6. The molecule has 9 heteroatoms. The third-order valence-corrected chi connectivity index (χ3v) is 5.46. The average Bonchev–Trinajstić information content (AvgIpc) is 2.96. The van der Waals surface area contributed by atoms with E-state index in [4.69, 9.17) is 0 Å². The highest BCUT2D eigenvalue weighted by molar-refractivity contribution is 6.05. The monoisotopic (exact) mass is 426 g/mol. The molecule has 1 aromatic carbocycles. The Morgan fingerprint density at radius 1 is 1.14 bits per heavy atom. The molecule has 0 aliphatic carbocycles. The van der Waals surface area contributed by atoms with Crippen molar-refractivity contribution in [3.05, 3.63) is 41.2 Å². The highest BCUT2D eigenvalue weighted by Gasteiger charge is 2.29. The van der Waals surface area contributed by atoms with Gasteiger partial charge >= 0.3 is 0 Å². The van der Waals surface area contributed by atoms with Crippen LogP contribution in [0, 0.1) is 6.92 Å². The molecule has 2 aromatic rings. The van der Waals surface area contributed by atoms with Crippen LogP contribution in [-0.2, 0) is 6.54 Å². The van der Waals surface area contributed by atoms with Crippen LogP contribution in [0.3, 0.4) is 0 Å². The van der Waals surface area contributed by atoms with Crippen molar-refractivity contribution < 1.29 is 4.79 Å². The lowest BCUT2D eigenvalue weighted by molar-refractivity contribution is 0.0980. The number of halogens is 2. The largest absolute Gasteiger partial charge is 0.317 e. The Hall–Kier alpha value is -1.67. The number of rotatable bonds is 2. The fourth-order valence-corrected chi connectivity index (χ4v) is 3.94. The number of amides is 1. The van der Waals surface area contributed by atoms with Gasteiger partial charge in [0.05, 0.1) is 11.7 Å². The van der Waals surface area contributed by atoms with E-state index in [9.17, 15) is 4.79 Å². The van der Waals surface area contributed by atoms with E-state index in [-0.39, 0.29) is 30.7 Å². The number of nitrogens with zero attached hydrogens (tertiary/aromatic N) is 5. The Balaban J connectivity index is 0.00000140. The summed E-state index contributed by atoms with van der Waals surface area (Å²) in [6.07, 6.45) is 2.05. The zero-order valence-corrected chi connectivity index (χ0v) is 17.9. The first-order valence-corrected chi connectivity index (χ1v) is 9.36. The highest BCUT2D eigenvalue weighted by Crippen LogP contribution is 2.27. The second kappa shape index (κ2) is 9.69. The summed E-state index contributed by atoms with van der Waals surface area (Å²) < 4.78 is 1.95. The molecule has 1 fully saturated rings. The molecule has 0 atom stereocenters. The molecule has 1 N–H and O–H groups in total. The van der Waals surface area contributed by atoms with Crippen LogP contribution in [0.2, 0.25) is 0 Å². The average molecular weight is 427 g/mol. The molecule has 0 spiro atoms.